The first-order valence-electron chi connectivity index (χ1n) is 5.42. The van der Waals surface area contributed by atoms with Gasteiger partial charge in [-0.25, -0.2) is 0 Å². The van der Waals surface area contributed by atoms with Crippen LogP contribution in [0.3, 0.4) is 0 Å². The first-order valence-corrected chi connectivity index (χ1v) is 5.42. The second kappa shape index (κ2) is 4.21. The van der Waals surface area contributed by atoms with Crippen molar-refractivity contribution in [3.8, 4) is 28.7 Å². The van der Waals surface area contributed by atoms with E-state index in [1.807, 2.05) is 4.90 Å². The Balaban J connectivity index is 2.38. The lowest BCUT2D eigenvalue weighted by Crippen LogP contribution is -2.18. The number of benzene rings is 1. The van der Waals surface area contributed by atoms with Gasteiger partial charge in [0.15, 0.2) is 11.5 Å². The van der Waals surface area contributed by atoms with Crippen LogP contribution in [0.1, 0.15) is 18.4 Å². The van der Waals surface area contributed by atoms with Crippen molar-refractivity contribution < 1.29 is 25.5 Å². The maximum absolute atomic E-state index is 9.64. The topological polar surface area (TPSA) is 104 Å². The van der Waals surface area contributed by atoms with E-state index < -0.39 is 28.7 Å². The highest BCUT2D eigenvalue weighted by molar-refractivity contribution is 5.67. The summed E-state index contributed by atoms with van der Waals surface area (Å²) in [4.78, 5) is 1.98. The van der Waals surface area contributed by atoms with E-state index in [0.29, 0.717) is 0 Å². The highest BCUT2D eigenvalue weighted by Gasteiger charge is 2.25. The Kier molecular flexibility index (Phi) is 2.89. The standard InChI is InChI=1S/C11H15NO5/c13-7-6(5-12-3-1-2-4-12)8(14)10(16)11(17)9(7)15/h13-17H,1-5H2. The third-order valence-corrected chi connectivity index (χ3v) is 3.05. The fraction of sp³-hybridized carbons (Fsp3) is 0.455. The van der Waals surface area contributed by atoms with Gasteiger partial charge in [-0.3, -0.25) is 4.90 Å². The van der Waals surface area contributed by atoms with Gasteiger partial charge in [0.25, 0.3) is 0 Å². The molecule has 0 unspecified atom stereocenters. The van der Waals surface area contributed by atoms with Crippen molar-refractivity contribution in [1.82, 2.24) is 4.90 Å². The summed E-state index contributed by atoms with van der Waals surface area (Å²) in [7, 11) is 0. The van der Waals surface area contributed by atoms with E-state index in [1.54, 1.807) is 0 Å². The predicted molar refractivity (Wildman–Crippen MR) is 59.3 cm³/mol. The molecule has 6 heteroatoms. The molecule has 0 saturated carbocycles. The Morgan fingerprint density at radius 2 is 1.12 bits per heavy atom. The minimum Gasteiger partial charge on any atom is -0.504 e. The van der Waals surface area contributed by atoms with E-state index >= 15 is 0 Å². The normalized spacial score (nSPS) is 16.5. The Morgan fingerprint density at radius 3 is 1.59 bits per heavy atom. The van der Waals surface area contributed by atoms with Crippen molar-refractivity contribution in [2.45, 2.75) is 19.4 Å². The lowest BCUT2D eigenvalue weighted by Gasteiger charge is -2.18. The van der Waals surface area contributed by atoms with Crippen LogP contribution < -0.4 is 0 Å². The van der Waals surface area contributed by atoms with E-state index in [4.69, 9.17) is 0 Å². The van der Waals surface area contributed by atoms with Gasteiger partial charge in [-0.2, -0.15) is 0 Å². The fourth-order valence-electron chi connectivity index (χ4n) is 2.05. The Labute approximate surface area is 98.0 Å². The first-order chi connectivity index (χ1) is 8.02. The molecule has 1 aromatic carbocycles. The van der Waals surface area contributed by atoms with Crippen molar-refractivity contribution in [3.63, 3.8) is 0 Å². The van der Waals surface area contributed by atoms with E-state index in [0.717, 1.165) is 25.9 Å². The number of aromatic hydroxyl groups is 5. The summed E-state index contributed by atoms with van der Waals surface area (Å²) in [5.74, 6) is -3.72. The molecule has 0 bridgehead atoms. The van der Waals surface area contributed by atoms with Crippen LogP contribution in [0.5, 0.6) is 28.7 Å². The molecule has 1 fully saturated rings. The lowest BCUT2D eigenvalue weighted by molar-refractivity contribution is 0.294. The molecule has 0 amide bonds. The summed E-state index contributed by atoms with van der Waals surface area (Å²) < 4.78 is 0. The number of hydrogen-bond acceptors (Lipinski definition) is 6. The van der Waals surface area contributed by atoms with Crippen molar-refractivity contribution in [2.24, 2.45) is 0 Å². The highest BCUT2D eigenvalue weighted by atomic mass is 16.4. The van der Waals surface area contributed by atoms with E-state index in [-0.39, 0.29) is 12.1 Å². The predicted octanol–water partition coefficient (Wildman–Crippen LogP) is 0.810. The summed E-state index contributed by atoms with van der Waals surface area (Å²) in [6.07, 6.45) is 2.08. The van der Waals surface area contributed by atoms with Gasteiger partial charge < -0.3 is 25.5 Å². The summed E-state index contributed by atoms with van der Waals surface area (Å²) in [5, 5.41) is 47.2. The highest BCUT2D eigenvalue weighted by Crippen LogP contribution is 2.51. The van der Waals surface area contributed by atoms with E-state index in [2.05, 4.69) is 0 Å². The third kappa shape index (κ3) is 1.91. The van der Waals surface area contributed by atoms with E-state index in [9.17, 15) is 25.5 Å². The number of nitrogens with zero attached hydrogens (tertiary/aromatic N) is 1. The Morgan fingerprint density at radius 1 is 0.706 bits per heavy atom. The molecule has 2 rings (SSSR count). The molecule has 0 spiro atoms. The molecule has 0 radical (unpaired) electrons. The zero-order valence-corrected chi connectivity index (χ0v) is 9.22. The molecule has 17 heavy (non-hydrogen) atoms. The van der Waals surface area contributed by atoms with Crippen LogP contribution in [0.25, 0.3) is 0 Å². The van der Waals surface area contributed by atoms with Crippen molar-refractivity contribution >= 4 is 0 Å². The van der Waals surface area contributed by atoms with Gasteiger partial charge in [0.05, 0.1) is 5.56 Å². The molecule has 1 aromatic rings. The van der Waals surface area contributed by atoms with Gasteiger partial charge in [-0.05, 0) is 25.9 Å². The summed E-state index contributed by atoms with van der Waals surface area (Å²) in [5.41, 5.74) is 0.0275. The first kappa shape index (κ1) is 11.7. The minimum atomic E-state index is -0.912. The van der Waals surface area contributed by atoms with Gasteiger partial charge in [0, 0.05) is 6.54 Å². The molecule has 1 heterocycles. The second-order valence-corrected chi connectivity index (χ2v) is 4.20. The Bertz CT molecular complexity index is 411. The smallest absolute Gasteiger partial charge is 0.208 e. The van der Waals surface area contributed by atoms with Crippen molar-refractivity contribution in [2.75, 3.05) is 13.1 Å². The maximum atomic E-state index is 9.64. The maximum Gasteiger partial charge on any atom is 0.208 e. The molecule has 5 N–H and O–H groups in total. The largest absolute Gasteiger partial charge is 0.504 e. The number of phenolic OH excluding ortho intramolecular Hbond substituents is 5. The van der Waals surface area contributed by atoms with Crippen LogP contribution in [-0.2, 0) is 6.54 Å². The molecular formula is C11H15NO5. The van der Waals surface area contributed by atoms with E-state index in [1.165, 1.54) is 0 Å². The van der Waals surface area contributed by atoms with Crippen LogP contribution in [0, 0.1) is 0 Å². The number of likely N-dealkylation sites (tertiary alicyclic amines) is 1. The molecule has 0 atom stereocenters. The fourth-order valence-corrected chi connectivity index (χ4v) is 2.05. The number of hydrogen-bond donors (Lipinski definition) is 5. The average molecular weight is 241 g/mol. The quantitative estimate of drug-likeness (QED) is 0.388. The zero-order valence-electron chi connectivity index (χ0n) is 9.22. The average Bonchev–Trinajstić information content (AvgIpc) is 2.82. The van der Waals surface area contributed by atoms with Crippen LogP contribution in [0.4, 0.5) is 0 Å². The molecule has 6 nitrogen and oxygen atoms in total. The van der Waals surface area contributed by atoms with Gasteiger partial charge in [0.2, 0.25) is 17.2 Å². The van der Waals surface area contributed by atoms with Crippen LogP contribution in [-0.4, -0.2) is 43.5 Å². The molecule has 0 aliphatic carbocycles. The molecular weight excluding hydrogens is 226 g/mol. The van der Waals surface area contributed by atoms with Gasteiger partial charge in [-0.15, -0.1) is 0 Å². The molecule has 0 aromatic heterocycles. The number of rotatable bonds is 2. The number of phenols is 5. The van der Waals surface area contributed by atoms with Gasteiger partial charge in [0.1, 0.15) is 0 Å². The molecule has 94 valence electrons. The second-order valence-electron chi connectivity index (χ2n) is 4.20. The molecule has 1 aliphatic heterocycles. The van der Waals surface area contributed by atoms with Crippen LogP contribution >= 0.6 is 0 Å². The lowest BCUT2D eigenvalue weighted by atomic mass is 10.1. The SMILES string of the molecule is Oc1c(O)c(O)c(CN2CCCC2)c(O)c1O. The summed E-state index contributed by atoms with van der Waals surface area (Å²) >= 11 is 0. The van der Waals surface area contributed by atoms with Crippen molar-refractivity contribution in [3.05, 3.63) is 5.56 Å². The van der Waals surface area contributed by atoms with Crippen LogP contribution in [0.15, 0.2) is 0 Å². The summed E-state index contributed by atoms with van der Waals surface area (Å²) in [6, 6.07) is 0. The summed E-state index contributed by atoms with van der Waals surface area (Å²) in [6.45, 7) is 1.89. The third-order valence-electron chi connectivity index (χ3n) is 3.05. The van der Waals surface area contributed by atoms with Crippen molar-refractivity contribution in [1.29, 1.82) is 0 Å². The zero-order chi connectivity index (χ0) is 12.6. The van der Waals surface area contributed by atoms with Gasteiger partial charge >= 0.3 is 0 Å². The monoisotopic (exact) mass is 241 g/mol. The molecule has 1 aliphatic rings. The van der Waals surface area contributed by atoms with Crippen LogP contribution in [0.2, 0.25) is 0 Å². The Hall–Kier alpha value is -1.82. The molecule has 1 saturated heterocycles. The van der Waals surface area contributed by atoms with Gasteiger partial charge in [-0.1, -0.05) is 0 Å². The minimum absolute atomic E-state index is 0.0275.